The average molecular weight is 304 g/mol. The molecule has 22 heavy (non-hydrogen) atoms. The van der Waals surface area contributed by atoms with Gasteiger partial charge >= 0.3 is 6.03 Å². The Morgan fingerprint density at radius 1 is 1.14 bits per heavy atom. The predicted octanol–water partition coefficient (Wildman–Crippen LogP) is 3.82. The van der Waals surface area contributed by atoms with Crippen LogP contribution in [0.5, 0.6) is 0 Å². The SMILES string of the molecule is Cc1cc(C)c(NC(=O)NC2(CCO)CCCCC2)c(C)c1. The summed E-state index contributed by atoms with van der Waals surface area (Å²) in [7, 11) is 0. The minimum atomic E-state index is -0.246. The van der Waals surface area contributed by atoms with Gasteiger partial charge in [-0.1, -0.05) is 37.0 Å². The van der Waals surface area contributed by atoms with E-state index < -0.39 is 0 Å². The Morgan fingerprint density at radius 2 is 1.73 bits per heavy atom. The zero-order valence-electron chi connectivity index (χ0n) is 14.0. The van der Waals surface area contributed by atoms with E-state index in [1.54, 1.807) is 0 Å². The molecule has 2 amide bonds. The second kappa shape index (κ2) is 7.14. The molecule has 4 heteroatoms. The first-order valence-corrected chi connectivity index (χ1v) is 8.24. The fraction of sp³-hybridized carbons (Fsp3) is 0.611. The Morgan fingerprint density at radius 3 is 2.27 bits per heavy atom. The summed E-state index contributed by atoms with van der Waals surface area (Å²) < 4.78 is 0. The molecule has 0 unspecified atom stereocenters. The second-order valence-corrected chi connectivity index (χ2v) is 6.67. The van der Waals surface area contributed by atoms with E-state index in [4.69, 9.17) is 0 Å². The molecule has 0 radical (unpaired) electrons. The van der Waals surface area contributed by atoms with Crippen LogP contribution in [-0.2, 0) is 0 Å². The van der Waals surface area contributed by atoms with Crippen LogP contribution in [0, 0.1) is 20.8 Å². The van der Waals surface area contributed by atoms with Crippen LogP contribution in [0.1, 0.15) is 55.2 Å². The van der Waals surface area contributed by atoms with Crippen molar-refractivity contribution in [2.45, 2.75) is 64.8 Å². The third-order valence-corrected chi connectivity index (χ3v) is 4.70. The van der Waals surface area contributed by atoms with Crippen molar-refractivity contribution in [1.82, 2.24) is 5.32 Å². The zero-order valence-corrected chi connectivity index (χ0v) is 14.0. The Kier molecular flexibility index (Phi) is 5.46. The van der Waals surface area contributed by atoms with E-state index in [0.29, 0.717) is 6.42 Å². The molecule has 0 bridgehead atoms. The van der Waals surface area contributed by atoms with Crippen molar-refractivity contribution in [3.8, 4) is 0 Å². The molecule has 1 aromatic rings. The quantitative estimate of drug-likeness (QED) is 0.792. The molecular weight excluding hydrogens is 276 g/mol. The average Bonchev–Trinajstić information content (AvgIpc) is 2.44. The highest BCUT2D eigenvalue weighted by Crippen LogP contribution is 2.31. The van der Waals surface area contributed by atoms with Crippen molar-refractivity contribution in [3.05, 3.63) is 28.8 Å². The molecule has 0 saturated heterocycles. The first kappa shape index (κ1) is 16.8. The van der Waals surface area contributed by atoms with Gasteiger partial charge in [-0.15, -0.1) is 0 Å². The molecule has 122 valence electrons. The minimum absolute atomic E-state index is 0.114. The molecule has 3 N–H and O–H groups in total. The molecule has 0 aliphatic heterocycles. The smallest absolute Gasteiger partial charge is 0.319 e. The summed E-state index contributed by atoms with van der Waals surface area (Å²) in [4.78, 5) is 12.4. The Bertz CT molecular complexity index is 505. The van der Waals surface area contributed by atoms with Crippen molar-refractivity contribution >= 4 is 11.7 Å². The van der Waals surface area contributed by atoms with Gasteiger partial charge in [-0.25, -0.2) is 4.79 Å². The van der Waals surface area contributed by atoms with E-state index >= 15 is 0 Å². The number of carbonyl (C=O) groups is 1. The molecule has 1 saturated carbocycles. The summed E-state index contributed by atoms with van der Waals surface area (Å²) in [5, 5.41) is 15.5. The maximum atomic E-state index is 12.4. The van der Waals surface area contributed by atoms with Crippen molar-refractivity contribution in [2.24, 2.45) is 0 Å². The zero-order chi connectivity index (χ0) is 16.2. The lowest BCUT2D eigenvalue weighted by atomic mass is 9.79. The van der Waals surface area contributed by atoms with Crippen LogP contribution in [0.4, 0.5) is 10.5 Å². The normalized spacial score (nSPS) is 17.1. The van der Waals surface area contributed by atoms with E-state index in [-0.39, 0.29) is 18.2 Å². The van der Waals surface area contributed by atoms with Crippen LogP contribution in [0.3, 0.4) is 0 Å². The summed E-state index contributed by atoms with van der Waals surface area (Å²) in [6, 6.07) is 3.99. The number of carbonyl (C=O) groups excluding carboxylic acids is 1. The summed E-state index contributed by atoms with van der Waals surface area (Å²) in [6.07, 6.45) is 5.98. The lowest BCUT2D eigenvalue weighted by Gasteiger charge is -2.38. The third kappa shape index (κ3) is 4.01. The topological polar surface area (TPSA) is 61.4 Å². The van der Waals surface area contributed by atoms with Gasteiger partial charge in [-0.2, -0.15) is 0 Å². The number of aliphatic hydroxyl groups is 1. The second-order valence-electron chi connectivity index (χ2n) is 6.67. The highest BCUT2D eigenvalue weighted by molar-refractivity contribution is 5.91. The fourth-order valence-corrected chi connectivity index (χ4v) is 3.64. The standard InChI is InChI=1S/C18H28N2O2/c1-13-11-14(2)16(15(3)12-13)19-17(22)20-18(9-10-21)7-5-4-6-8-18/h11-12,21H,4-10H2,1-3H3,(H2,19,20,22). The number of hydrogen-bond donors (Lipinski definition) is 3. The molecule has 1 aliphatic rings. The number of nitrogens with one attached hydrogen (secondary N) is 2. The van der Waals surface area contributed by atoms with Crippen LogP contribution in [-0.4, -0.2) is 23.3 Å². The fourth-order valence-electron chi connectivity index (χ4n) is 3.64. The van der Waals surface area contributed by atoms with Gasteiger partial charge in [-0.05, 0) is 51.2 Å². The maximum absolute atomic E-state index is 12.4. The van der Waals surface area contributed by atoms with Gasteiger partial charge in [0.15, 0.2) is 0 Å². The maximum Gasteiger partial charge on any atom is 0.319 e. The highest BCUT2D eigenvalue weighted by atomic mass is 16.3. The molecule has 2 rings (SSSR count). The van der Waals surface area contributed by atoms with Crippen LogP contribution in [0.2, 0.25) is 0 Å². The summed E-state index contributed by atoms with van der Waals surface area (Å²) >= 11 is 0. The number of rotatable bonds is 4. The number of aliphatic hydroxyl groups excluding tert-OH is 1. The van der Waals surface area contributed by atoms with Gasteiger partial charge in [-0.3, -0.25) is 0 Å². The Balaban J connectivity index is 2.08. The monoisotopic (exact) mass is 304 g/mol. The molecule has 0 aromatic heterocycles. The number of anilines is 1. The van der Waals surface area contributed by atoms with Crippen LogP contribution >= 0.6 is 0 Å². The minimum Gasteiger partial charge on any atom is -0.396 e. The van der Waals surface area contributed by atoms with Crippen LogP contribution in [0.25, 0.3) is 0 Å². The number of hydrogen-bond acceptors (Lipinski definition) is 2. The van der Waals surface area contributed by atoms with Crippen LogP contribution in [0.15, 0.2) is 12.1 Å². The molecule has 1 aromatic carbocycles. The van der Waals surface area contributed by atoms with Crippen molar-refractivity contribution < 1.29 is 9.90 Å². The van der Waals surface area contributed by atoms with Crippen LogP contribution < -0.4 is 10.6 Å². The number of aryl methyl sites for hydroxylation is 3. The lowest BCUT2D eigenvalue weighted by Crippen LogP contribution is -2.51. The molecular formula is C18H28N2O2. The Labute approximate surface area is 133 Å². The van der Waals surface area contributed by atoms with E-state index in [1.165, 1.54) is 12.0 Å². The van der Waals surface area contributed by atoms with E-state index in [9.17, 15) is 9.90 Å². The molecule has 0 atom stereocenters. The largest absolute Gasteiger partial charge is 0.396 e. The summed E-state index contributed by atoms with van der Waals surface area (Å²) in [5.41, 5.74) is 3.99. The van der Waals surface area contributed by atoms with Gasteiger partial charge in [0.1, 0.15) is 0 Å². The van der Waals surface area contributed by atoms with Gasteiger partial charge in [0.2, 0.25) is 0 Å². The number of urea groups is 1. The van der Waals surface area contributed by atoms with Gasteiger partial charge < -0.3 is 15.7 Å². The van der Waals surface area contributed by atoms with E-state index in [0.717, 1.165) is 42.5 Å². The lowest BCUT2D eigenvalue weighted by molar-refractivity contribution is 0.168. The number of benzene rings is 1. The molecule has 1 fully saturated rings. The molecule has 0 spiro atoms. The summed E-state index contributed by atoms with van der Waals surface area (Å²) in [6.45, 7) is 6.20. The van der Waals surface area contributed by atoms with Crippen molar-refractivity contribution in [2.75, 3.05) is 11.9 Å². The Hall–Kier alpha value is -1.55. The molecule has 4 nitrogen and oxygen atoms in total. The number of amides is 2. The third-order valence-electron chi connectivity index (χ3n) is 4.70. The predicted molar refractivity (Wildman–Crippen MR) is 90.3 cm³/mol. The van der Waals surface area contributed by atoms with E-state index in [1.807, 2.05) is 13.8 Å². The highest BCUT2D eigenvalue weighted by Gasteiger charge is 2.33. The van der Waals surface area contributed by atoms with Gasteiger partial charge in [0.05, 0.1) is 0 Å². The van der Waals surface area contributed by atoms with Crippen molar-refractivity contribution in [3.63, 3.8) is 0 Å². The first-order chi connectivity index (χ1) is 10.5. The first-order valence-electron chi connectivity index (χ1n) is 8.24. The van der Waals surface area contributed by atoms with Crippen molar-refractivity contribution in [1.29, 1.82) is 0 Å². The van der Waals surface area contributed by atoms with Gasteiger partial charge in [0.25, 0.3) is 0 Å². The molecule has 1 aliphatic carbocycles. The summed E-state index contributed by atoms with van der Waals surface area (Å²) in [5.74, 6) is 0. The van der Waals surface area contributed by atoms with E-state index in [2.05, 4.69) is 29.7 Å². The molecule has 0 heterocycles. The van der Waals surface area contributed by atoms with Gasteiger partial charge in [0, 0.05) is 17.8 Å².